The maximum absolute atomic E-state index is 10.8. The van der Waals surface area contributed by atoms with Crippen molar-refractivity contribution in [2.75, 3.05) is 6.61 Å². The number of ether oxygens (including phenoxy) is 2. The Kier molecular flexibility index (Phi) is 4.31. The van der Waals surface area contributed by atoms with Crippen LogP contribution in [0.3, 0.4) is 0 Å². The van der Waals surface area contributed by atoms with Crippen LogP contribution in [0.15, 0.2) is 23.3 Å². The summed E-state index contributed by atoms with van der Waals surface area (Å²) in [5.74, 6) is -0.283. The van der Waals surface area contributed by atoms with Gasteiger partial charge in [0.25, 0.3) is 0 Å². The van der Waals surface area contributed by atoms with Crippen LogP contribution in [0, 0.1) is 5.41 Å². The van der Waals surface area contributed by atoms with Crippen molar-refractivity contribution < 1.29 is 19.4 Å². The lowest BCUT2D eigenvalue weighted by Crippen LogP contribution is -2.45. The summed E-state index contributed by atoms with van der Waals surface area (Å²) in [6, 6.07) is 0. The molecule has 0 aromatic rings. The molecule has 118 valence electrons. The van der Waals surface area contributed by atoms with Crippen molar-refractivity contribution >= 4 is 5.97 Å². The van der Waals surface area contributed by atoms with Crippen molar-refractivity contribution in [3.8, 4) is 0 Å². The number of hydrogen-bond donors (Lipinski definition) is 1. The number of rotatable bonds is 3. The Morgan fingerprint density at radius 1 is 1.43 bits per heavy atom. The predicted molar refractivity (Wildman–Crippen MR) is 80.8 cm³/mol. The van der Waals surface area contributed by atoms with Gasteiger partial charge in [0.15, 0.2) is 0 Å². The number of fused-ring (bicyclic) bond motifs is 1. The molecule has 2 aliphatic rings. The SMILES string of the molecule is CC(=O)OC/C=C(\C)C1C=C2C(C)(C)C[C@H](O)C[C@@]2(C)O1. The zero-order valence-electron chi connectivity index (χ0n) is 13.6. The van der Waals surface area contributed by atoms with Crippen molar-refractivity contribution in [2.24, 2.45) is 5.41 Å². The Morgan fingerprint density at radius 3 is 2.71 bits per heavy atom. The van der Waals surface area contributed by atoms with Crippen LogP contribution >= 0.6 is 0 Å². The maximum atomic E-state index is 10.8. The van der Waals surface area contributed by atoms with Gasteiger partial charge in [0, 0.05) is 13.3 Å². The van der Waals surface area contributed by atoms with Crippen molar-refractivity contribution in [1.82, 2.24) is 0 Å². The summed E-state index contributed by atoms with van der Waals surface area (Å²) >= 11 is 0. The van der Waals surface area contributed by atoms with E-state index in [2.05, 4.69) is 26.8 Å². The first kappa shape index (κ1) is 16.2. The fraction of sp³-hybridized carbons (Fsp3) is 0.706. The highest BCUT2D eigenvalue weighted by atomic mass is 16.5. The molecule has 0 aromatic carbocycles. The van der Waals surface area contributed by atoms with E-state index in [1.165, 1.54) is 12.5 Å². The largest absolute Gasteiger partial charge is 0.462 e. The lowest BCUT2D eigenvalue weighted by Gasteiger charge is -2.44. The van der Waals surface area contributed by atoms with Crippen LogP contribution in [0.4, 0.5) is 0 Å². The van der Waals surface area contributed by atoms with E-state index in [1.807, 2.05) is 13.0 Å². The number of carbonyl (C=O) groups is 1. The summed E-state index contributed by atoms with van der Waals surface area (Å²) in [5.41, 5.74) is 1.84. The molecule has 0 spiro atoms. The average molecular weight is 294 g/mol. The number of carbonyl (C=O) groups excluding carboxylic acids is 1. The Hall–Kier alpha value is -1.13. The van der Waals surface area contributed by atoms with E-state index in [1.54, 1.807) is 0 Å². The van der Waals surface area contributed by atoms with Crippen LogP contribution < -0.4 is 0 Å². The molecule has 0 aromatic heterocycles. The molecule has 2 rings (SSSR count). The lowest BCUT2D eigenvalue weighted by molar-refractivity contribution is -0.139. The van der Waals surface area contributed by atoms with Crippen LogP contribution in [0.1, 0.15) is 47.5 Å². The topological polar surface area (TPSA) is 55.8 Å². The first-order chi connectivity index (χ1) is 9.64. The summed E-state index contributed by atoms with van der Waals surface area (Å²) in [5, 5.41) is 10.1. The third kappa shape index (κ3) is 3.38. The Morgan fingerprint density at radius 2 is 2.10 bits per heavy atom. The van der Waals surface area contributed by atoms with Crippen LogP contribution in [-0.2, 0) is 14.3 Å². The van der Waals surface area contributed by atoms with Crippen LogP contribution in [0.25, 0.3) is 0 Å². The second kappa shape index (κ2) is 5.58. The number of hydrogen-bond acceptors (Lipinski definition) is 4. The molecule has 3 atom stereocenters. The second-order valence-electron chi connectivity index (χ2n) is 7.05. The zero-order chi connectivity index (χ0) is 15.8. The summed E-state index contributed by atoms with van der Waals surface area (Å²) in [7, 11) is 0. The zero-order valence-corrected chi connectivity index (χ0v) is 13.6. The molecule has 4 heteroatoms. The van der Waals surface area contributed by atoms with Crippen LogP contribution in [0.2, 0.25) is 0 Å². The van der Waals surface area contributed by atoms with Gasteiger partial charge in [-0.25, -0.2) is 0 Å². The van der Waals surface area contributed by atoms with E-state index in [4.69, 9.17) is 9.47 Å². The minimum atomic E-state index is -0.400. The summed E-state index contributed by atoms with van der Waals surface area (Å²) < 4.78 is 11.2. The number of aliphatic hydroxyl groups is 1. The highest BCUT2D eigenvalue weighted by Crippen LogP contribution is 2.51. The van der Waals surface area contributed by atoms with Gasteiger partial charge in [-0.3, -0.25) is 4.79 Å². The third-order valence-electron chi connectivity index (χ3n) is 4.52. The summed E-state index contributed by atoms with van der Waals surface area (Å²) in [6.45, 7) is 10.0. The average Bonchev–Trinajstić information content (AvgIpc) is 2.65. The van der Waals surface area contributed by atoms with E-state index < -0.39 is 5.60 Å². The monoisotopic (exact) mass is 294 g/mol. The molecule has 1 saturated carbocycles. The van der Waals surface area contributed by atoms with E-state index in [-0.39, 0.29) is 30.2 Å². The minimum Gasteiger partial charge on any atom is -0.462 e. The normalized spacial score (nSPS) is 35.1. The van der Waals surface area contributed by atoms with Crippen molar-refractivity contribution in [3.05, 3.63) is 23.3 Å². The van der Waals surface area contributed by atoms with Crippen molar-refractivity contribution in [3.63, 3.8) is 0 Å². The second-order valence-corrected chi connectivity index (χ2v) is 7.05. The van der Waals surface area contributed by atoms with E-state index in [9.17, 15) is 9.90 Å². The molecule has 0 saturated heterocycles. The van der Waals surface area contributed by atoms with E-state index in [0.29, 0.717) is 6.42 Å². The number of aliphatic hydroxyl groups excluding tert-OH is 1. The minimum absolute atomic E-state index is 0.0582. The van der Waals surface area contributed by atoms with Gasteiger partial charge in [0.2, 0.25) is 0 Å². The third-order valence-corrected chi connectivity index (χ3v) is 4.52. The molecule has 1 aliphatic carbocycles. The van der Waals surface area contributed by atoms with E-state index in [0.717, 1.165) is 12.0 Å². The molecule has 1 aliphatic heterocycles. The quantitative estimate of drug-likeness (QED) is 0.642. The van der Waals surface area contributed by atoms with Crippen LogP contribution in [-0.4, -0.2) is 35.5 Å². The Balaban J connectivity index is 2.16. The molecule has 1 unspecified atom stereocenters. The van der Waals surface area contributed by atoms with Gasteiger partial charge in [0.05, 0.1) is 17.8 Å². The molecule has 1 fully saturated rings. The Labute approximate surface area is 126 Å². The molecule has 0 radical (unpaired) electrons. The molecule has 1 heterocycles. The molecular formula is C17H26O4. The summed E-state index contributed by atoms with van der Waals surface area (Å²) in [4.78, 5) is 10.8. The standard InChI is InChI=1S/C17H26O4/c1-11(6-7-20-12(2)18)14-8-15-16(3,4)9-13(19)10-17(15,5)21-14/h6,8,13-14,19H,7,9-10H2,1-5H3/b11-6+/t13-,14?,17+/m0/s1. The van der Waals surface area contributed by atoms with Gasteiger partial charge in [0.1, 0.15) is 6.61 Å². The maximum Gasteiger partial charge on any atom is 0.302 e. The van der Waals surface area contributed by atoms with Gasteiger partial charge in [-0.15, -0.1) is 0 Å². The summed E-state index contributed by atoms with van der Waals surface area (Å²) in [6.07, 6.45) is 5.02. The first-order valence-electron chi connectivity index (χ1n) is 7.53. The van der Waals surface area contributed by atoms with Gasteiger partial charge in [-0.2, -0.15) is 0 Å². The van der Waals surface area contributed by atoms with Gasteiger partial charge >= 0.3 is 5.97 Å². The highest BCUT2D eigenvalue weighted by molar-refractivity contribution is 5.66. The lowest BCUT2D eigenvalue weighted by atomic mass is 9.65. The van der Waals surface area contributed by atoms with E-state index >= 15 is 0 Å². The predicted octanol–water partition coefficient (Wildman–Crippen LogP) is 2.76. The fourth-order valence-corrected chi connectivity index (χ4v) is 3.66. The highest BCUT2D eigenvalue weighted by Gasteiger charge is 2.50. The van der Waals surface area contributed by atoms with Crippen LogP contribution in [0.5, 0.6) is 0 Å². The smallest absolute Gasteiger partial charge is 0.302 e. The van der Waals surface area contributed by atoms with Crippen molar-refractivity contribution in [1.29, 1.82) is 0 Å². The molecule has 0 amide bonds. The van der Waals surface area contributed by atoms with Gasteiger partial charge in [-0.1, -0.05) is 13.8 Å². The van der Waals surface area contributed by atoms with Gasteiger partial charge in [-0.05, 0) is 49.0 Å². The Bertz CT molecular complexity index is 489. The van der Waals surface area contributed by atoms with Crippen molar-refractivity contribution in [2.45, 2.75) is 65.3 Å². The fourth-order valence-electron chi connectivity index (χ4n) is 3.66. The van der Waals surface area contributed by atoms with Gasteiger partial charge < -0.3 is 14.6 Å². The number of esters is 1. The first-order valence-corrected chi connectivity index (χ1v) is 7.53. The molecule has 4 nitrogen and oxygen atoms in total. The molecule has 1 N–H and O–H groups in total. The molecule has 21 heavy (non-hydrogen) atoms. The molecular weight excluding hydrogens is 268 g/mol. The molecule has 0 bridgehead atoms.